The molecule has 2 aromatic rings. The van der Waals surface area contributed by atoms with Crippen molar-refractivity contribution in [2.45, 2.75) is 6.18 Å². The number of halogens is 3. The second-order valence-electron chi connectivity index (χ2n) is 6.67. The summed E-state index contributed by atoms with van der Waals surface area (Å²) in [4.78, 5) is 28.7. The summed E-state index contributed by atoms with van der Waals surface area (Å²) in [5.41, 5.74) is -0.655. The van der Waals surface area contributed by atoms with Gasteiger partial charge in [-0.2, -0.15) is 13.2 Å². The molecule has 0 aliphatic carbocycles. The molecule has 0 atom stereocenters. The van der Waals surface area contributed by atoms with E-state index in [0.29, 0.717) is 24.3 Å². The van der Waals surface area contributed by atoms with Crippen LogP contribution >= 0.6 is 0 Å². The third-order valence-corrected chi connectivity index (χ3v) is 4.66. The first-order chi connectivity index (χ1) is 13.3. The van der Waals surface area contributed by atoms with Gasteiger partial charge in [-0.05, 0) is 43.4 Å². The van der Waals surface area contributed by atoms with Gasteiger partial charge in [0.25, 0.3) is 11.8 Å². The monoisotopic (exact) mass is 391 g/mol. The minimum Gasteiger partial charge on any atom is -0.336 e. The number of likely N-dealkylation sites (N-methyl/N-ethyl adjacent to an activating group) is 1. The van der Waals surface area contributed by atoms with E-state index in [1.165, 1.54) is 24.3 Å². The van der Waals surface area contributed by atoms with E-state index in [2.05, 4.69) is 10.2 Å². The Morgan fingerprint density at radius 2 is 1.54 bits per heavy atom. The minimum atomic E-state index is -4.62. The second kappa shape index (κ2) is 8.02. The maximum Gasteiger partial charge on any atom is 0.417 e. The van der Waals surface area contributed by atoms with Gasteiger partial charge < -0.3 is 15.1 Å². The molecular formula is C20H20F3N3O2. The van der Waals surface area contributed by atoms with Crippen LogP contribution in [0.5, 0.6) is 0 Å². The molecule has 28 heavy (non-hydrogen) atoms. The van der Waals surface area contributed by atoms with Gasteiger partial charge in [0.05, 0.1) is 11.1 Å². The molecule has 1 fully saturated rings. The van der Waals surface area contributed by atoms with Gasteiger partial charge in [-0.15, -0.1) is 0 Å². The van der Waals surface area contributed by atoms with E-state index in [1.54, 1.807) is 17.0 Å². The Balaban J connectivity index is 1.70. The van der Waals surface area contributed by atoms with Crippen LogP contribution in [0.25, 0.3) is 0 Å². The van der Waals surface area contributed by atoms with Crippen LogP contribution < -0.4 is 5.32 Å². The molecule has 0 unspecified atom stereocenters. The molecule has 1 aliphatic rings. The van der Waals surface area contributed by atoms with Gasteiger partial charge in [-0.25, -0.2) is 0 Å². The number of rotatable bonds is 3. The Bertz CT molecular complexity index is 858. The number of alkyl halides is 3. The summed E-state index contributed by atoms with van der Waals surface area (Å²) in [6.07, 6.45) is -4.62. The highest BCUT2D eigenvalue weighted by molar-refractivity contribution is 6.05. The summed E-state index contributed by atoms with van der Waals surface area (Å²) in [6.45, 7) is 2.89. The van der Waals surface area contributed by atoms with E-state index in [9.17, 15) is 22.8 Å². The Hall–Kier alpha value is -2.87. The number of benzene rings is 2. The fourth-order valence-corrected chi connectivity index (χ4v) is 3.01. The van der Waals surface area contributed by atoms with E-state index in [0.717, 1.165) is 25.2 Å². The zero-order valence-corrected chi connectivity index (χ0v) is 15.3. The number of hydrogen-bond donors (Lipinski definition) is 1. The summed E-state index contributed by atoms with van der Waals surface area (Å²) in [5.74, 6) is -0.959. The highest BCUT2D eigenvalue weighted by atomic mass is 19.4. The number of piperazine rings is 1. The average molecular weight is 391 g/mol. The van der Waals surface area contributed by atoms with Gasteiger partial charge in [0.1, 0.15) is 0 Å². The normalized spacial score (nSPS) is 15.4. The third-order valence-electron chi connectivity index (χ3n) is 4.66. The third kappa shape index (κ3) is 4.51. The van der Waals surface area contributed by atoms with Crippen LogP contribution in [-0.4, -0.2) is 54.8 Å². The Labute approximate surface area is 160 Å². The van der Waals surface area contributed by atoms with Gasteiger partial charge in [-0.3, -0.25) is 9.59 Å². The molecule has 0 bridgehead atoms. The molecule has 5 nitrogen and oxygen atoms in total. The fraction of sp³-hybridized carbons (Fsp3) is 0.300. The number of carbonyl (C=O) groups is 2. The molecule has 1 heterocycles. The molecule has 0 radical (unpaired) electrons. The van der Waals surface area contributed by atoms with Crippen LogP contribution in [0.4, 0.5) is 18.9 Å². The Kier molecular flexibility index (Phi) is 5.69. The van der Waals surface area contributed by atoms with Crippen LogP contribution in [0, 0.1) is 0 Å². The molecule has 1 N–H and O–H groups in total. The maximum absolute atomic E-state index is 13.1. The van der Waals surface area contributed by atoms with Crippen molar-refractivity contribution in [1.29, 1.82) is 0 Å². The lowest BCUT2D eigenvalue weighted by Gasteiger charge is -2.32. The number of amides is 2. The molecule has 3 rings (SSSR count). The van der Waals surface area contributed by atoms with Gasteiger partial charge in [-0.1, -0.05) is 12.1 Å². The largest absolute Gasteiger partial charge is 0.417 e. The number of carbonyl (C=O) groups excluding carboxylic acids is 2. The lowest BCUT2D eigenvalue weighted by Crippen LogP contribution is -2.47. The van der Waals surface area contributed by atoms with Crippen molar-refractivity contribution in [3.63, 3.8) is 0 Å². The zero-order valence-electron chi connectivity index (χ0n) is 15.3. The van der Waals surface area contributed by atoms with E-state index in [1.807, 2.05) is 7.05 Å². The van der Waals surface area contributed by atoms with Crippen molar-refractivity contribution >= 4 is 17.5 Å². The number of nitrogens with one attached hydrogen (secondary N) is 1. The quantitative estimate of drug-likeness (QED) is 0.873. The second-order valence-corrected chi connectivity index (χ2v) is 6.67. The maximum atomic E-state index is 13.1. The van der Waals surface area contributed by atoms with Crippen LogP contribution in [0.2, 0.25) is 0 Å². The first kappa shape index (κ1) is 19.9. The Morgan fingerprint density at radius 3 is 2.14 bits per heavy atom. The van der Waals surface area contributed by atoms with E-state index in [4.69, 9.17) is 0 Å². The lowest BCUT2D eigenvalue weighted by atomic mass is 10.1. The summed E-state index contributed by atoms with van der Waals surface area (Å²) in [5, 5.41) is 2.45. The molecule has 0 spiro atoms. The van der Waals surface area contributed by atoms with Gasteiger partial charge >= 0.3 is 6.18 Å². The van der Waals surface area contributed by atoms with Crippen LogP contribution in [0.15, 0.2) is 48.5 Å². The Morgan fingerprint density at radius 1 is 0.929 bits per heavy atom. The molecule has 1 aliphatic heterocycles. The SMILES string of the molecule is CN1CCN(C(=O)c2ccc(NC(=O)c3ccccc3C(F)(F)F)cc2)CC1. The molecule has 0 aromatic heterocycles. The van der Waals surface area contributed by atoms with Crippen LogP contribution in [-0.2, 0) is 6.18 Å². The molecule has 1 saturated heterocycles. The van der Waals surface area contributed by atoms with Gasteiger partial charge in [0.2, 0.25) is 0 Å². The van der Waals surface area contributed by atoms with Gasteiger partial charge in [0, 0.05) is 37.4 Å². The van der Waals surface area contributed by atoms with Crippen molar-refractivity contribution < 1.29 is 22.8 Å². The smallest absolute Gasteiger partial charge is 0.336 e. The summed E-state index contributed by atoms with van der Waals surface area (Å²) >= 11 is 0. The molecule has 148 valence electrons. The molecule has 2 amide bonds. The van der Waals surface area contributed by atoms with Crippen molar-refractivity contribution in [3.05, 3.63) is 65.2 Å². The van der Waals surface area contributed by atoms with Crippen LogP contribution in [0.3, 0.4) is 0 Å². The summed E-state index contributed by atoms with van der Waals surface area (Å²) < 4.78 is 39.2. The topological polar surface area (TPSA) is 52.6 Å². The highest BCUT2D eigenvalue weighted by Gasteiger charge is 2.34. The predicted molar refractivity (Wildman–Crippen MR) is 99.2 cm³/mol. The molecular weight excluding hydrogens is 371 g/mol. The van der Waals surface area contributed by atoms with E-state index in [-0.39, 0.29) is 5.91 Å². The first-order valence-corrected chi connectivity index (χ1v) is 8.81. The standard InChI is InChI=1S/C20H20F3N3O2/c1-25-10-12-26(13-11-25)19(28)14-6-8-15(9-7-14)24-18(27)16-4-2-3-5-17(16)20(21,22)23/h2-9H,10-13H2,1H3,(H,24,27). The van der Waals surface area contributed by atoms with E-state index >= 15 is 0 Å². The number of nitrogens with zero attached hydrogens (tertiary/aromatic N) is 2. The number of hydrogen-bond acceptors (Lipinski definition) is 3. The van der Waals surface area contributed by atoms with Crippen molar-refractivity contribution in [1.82, 2.24) is 9.80 Å². The van der Waals surface area contributed by atoms with Crippen molar-refractivity contribution in [2.75, 3.05) is 38.5 Å². The lowest BCUT2D eigenvalue weighted by molar-refractivity contribution is -0.137. The summed E-state index contributed by atoms with van der Waals surface area (Å²) in [7, 11) is 2.00. The van der Waals surface area contributed by atoms with Gasteiger partial charge in [0.15, 0.2) is 0 Å². The van der Waals surface area contributed by atoms with Crippen LogP contribution in [0.1, 0.15) is 26.3 Å². The molecule has 8 heteroatoms. The van der Waals surface area contributed by atoms with E-state index < -0.39 is 23.2 Å². The van der Waals surface area contributed by atoms with Crippen molar-refractivity contribution in [3.8, 4) is 0 Å². The first-order valence-electron chi connectivity index (χ1n) is 8.81. The predicted octanol–water partition coefficient (Wildman–Crippen LogP) is 3.35. The molecule has 0 saturated carbocycles. The van der Waals surface area contributed by atoms with Crippen molar-refractivity contribution in [2.24, 2.45) is 0 Å². The summed E-state index contributed by atoms with van der Waals surface area (Å²) in [6, 6.07) is 10.8. The number of anilines is 1. The minimum absolute atomic E-state index is 0.103. The average Bonchev–Trinajstić information content (AvgIpc) is 2.68. The zero-order chi connectivity index (χ0) is 20.3. The fourth-order valence-electron chi connectivity index (χ4n) is 3.01. The molecule has 2 aromatic carbocycles. The highest BCUT2D eigenvalue weighted by Crippen LogP contribution is 2.32.